The zero-order valence-corrected chi connectivity index (χ0v) is 10.6. The summed E-state index contributed by atoms with van der Waals surface area (Å²) in [5.74, 6) is -0.440. The SMILES string of the molecule is CCCNCC(=O)N(CC(N)=O)C1CCCC1. The highest BCUT2D eigenvalue weighted by Gasteiger charge is 2.27. The third-order valence-electron chi connectivity index (χ3n) is 3.11. The molecule has 3 N–H and O–H groups in total. The van der Waals surface area contributed by atoms with Crippen LogP contribution in [0.15, 0.2) is 0 Å². The predicted molar refractivity (Wildman–Crippen MR) is 66.3 cm³/mol. The summed E-state index contributed by atoms with van der Waals surface area (Å²) in [5.41, 5.74) is 5.20. The van der Waals surface area contributed by atoms with E-state index in [9.17, 15) is 9.59 Å². The first-order valence-corrected chi connectivity index (χ1v) is 6.43. The van der Waals surface area contributed by atoms with E-state index in [-0.39, 0.29) is 18.5 Å². The van der Waals surface area contributed by atoms with Gasteiger partial charge in [0.15, 0.2) is 0 Å². The lowest BCUT2D eigenvalue weighted by Crippen LogP contribution is -2.47. The molecule has 0 atom stereocenters. The van der Waals surface area contributed by atoms with Crippen molar-refractivity contribution in [2.75, 3.05) is 19.6 Å². The predicted octanol–water partition coefficient (Wildman–Crippen LogP) is 0.243. The van der Waals surface area contributed by atoms with Crippen molar-refractivity contribution in [3.63, 3.8) is 0 Å². The van der Waals surface area contributed by atoms with E-state index >= 15 is 0 Å². The first-order chi connectivity index (χ1) is 8.15. The molecule has 0 bridgehead atoms. The zero-order chi connectivity index (χ0) is 12.7. The van der Waals surface area contributed by atoms with Crippen LogP contribution in [0.25, 0.3) is 0 Å². The molecule has 0 spiro atoms. The van der Waals surface area contributed by atoms with E-state index in [1.165, 1.54) is 0 Å². The molecule has 98 valence electrons. The molecule has 1 rings (SSSR count). The normalized spacial score (nSPS) is 16.1. The molecule has 0 unspecified atom stereocenters. The summed E-state index contributed by atoms with van der Waals surface area (Å²) in [4.78, 5) is 24.7. The molecule has 5 nitrogen and oxygen atoms in total. The molecule has 0 aliphatic heterocycles. The Morgan fingerprint density at radius 1 is 1.35 bits per heavy atom. The largest absolute Gasteiger partial charge is 0.368 e. The standard InChI is InChI=1S/C12H23N3O2/c1-2-7-14-8-12(17)15(9-11(13)16)10-5-3-4-6-10/h10,14H,2-9H2,1H3,(H2,13,16). The number of nitrogens with one attached hydrogen (secondary N) is 1. The van der Waals surface area contributed by atoms with Gasteiger partial charge in [-0.3, -0.25) is 9.59 Å². The van der Waals surface area contributed by atoms with E-state index in [2.05, 4.69) is 12.2 Å². The molecule has 1 aliphatic carbocycles. The third kappa shape index (κ3) is 4.73. The number of carbonyl (C=O) groups is 2. The highest BCUT2D eigenvalue weighted by molar-refractivity contribution is 5.85. The lowest BCUT2D eigenvalue weighted by molar-refractivity contribution is -0.136. The Balaban J connectivity index is 2.48. The molecule has 2 amide bonds. The van der Waals surface area contributed by atoms with Crippen LogP contribution in [0.3, 0.4) is 0 Å². The number of amides is 2. The van der Waals surface area contributed by atoms with Crippen molar-refractivity contribution in [2.24, 2.45) is 5.73 Å². The van der Waals surface area contributed by atoms with Crippen LogP contribution in [0.2, 0.25) is 0 Å². The maximum absolute atomic E-state index is 12.0. The highest BCUT2D eigenvalue weighted by atomic mass is 16.2. The Kier molecular flexibility index (Phi) is 5.97. The average molecular weight is 241 g/mol. The van der Waals surface area contributed by atoms with Crippen molar-refractivity contribution in [3.8, 4) is 0 Å². The van der Waals surface area contributed by atoms with Gasteiger partial charge in [0.1, 0.15) is 0 Å². The first kappa shape index (κ1) is 14.0. The van der Waals surface area contributed by atoms with E-state index in [4.69, 9.17) is 5.73 Å². The van der Waals surface area contributed by atoms with Gasteiger partial charge in [0.25, 0.3) is 0 Å². The second-order valence-corrected chi connectivity index (χ2v) is 4.60. The number of hydrogen-bond acceptors (Lipinski definition) is 3. The van der Waals surface area contributed by atoms with Gasteiger partial charge in [-0.25, -0.2) is 0 Å². The van der Waals surface area contributed by atoms with Crippen molar-refractivity contribution >= 4 is 11.8 Å². The van der Waals surface area contributed by atoms with Gasteiger partial charge in [-0.2, -0.15) is 0 Å². The minimum atomic E-state index is -0.430. The van der Waals surface area contributed by atoms with E-state index in [0.717, 1.165) is 38.6 Å². The molecule has 1 fully saturated rings. The molecule has 1 saturated carbocycles. The van der Waals surface area contributed by atoms with Gasteiger partial charge < -0.3 is 16.0 Å². The van der Waals surface area contributed by atoms with E-state index in [1.807, 2.05) is 0 Å². The topological polar surface area (TPSA) is 75.4 Å². The number of carbonyl (C=O) groups excluding carboxylic acids is 2. The third-order valence-corrected chi connectivity index (χ3v) is 3.11. The van der Waals surface area contributed by atoms with Crippen LogP contribution in [-0.4, -0.2) is 42.4 Å². The zero-order valence-electron chi connectivity index (χ0n) is 10.6. The van der Waals surface area contributed by atoms with Crippen molar-refractivity contribution in [1.82, 2.24) is 10.2 Å². The summed E-state index contributed by atoms with van der Waals surface area (Å²) in [6.07, 6.45) is 5.25. The van der Waals surface area contributed by atoms with Crippen LogP contribution >= 0.6 is 0 Å². The van der Waals surface area contributed by atoms with E-state index < -0.39 is 5.91 Å². The number of hydrogen-bond donors (Lipinski definition) is 2. The van der Waals surface area contributed by atoms with Gasteiger partial charge in [-0.15, -0.1) is 0 Å². The summed E-state index contributed by atoms with van der Waals surface area (Å²) in [6.45, 7) is 3.23. The fraction of sp³-hybridized carbons (Fsp3) is 0.833. The van der Waals surface area contributed by atoms with Crippen molar-refractivity contribution in [1.29, 1.82) is 0 Å². The molecule has 0 heterocycles. The monoisotopic (exact) mass is 241 g/mol. The molecule has 0 saturated heterocycles. The van der Waals surface area contributed by atoms with Crippen LogP contribution in [0, 0.1) is 0 Å². The Morgan fingerprint density at radius 3 is 2.53 bits per heavy atom. The highest BCUT2D eigenvalue weighted by Crippen LogP contribution is 2.23. The lowest BCUT2D eigenvalue weighted by Gasteiger charge is -2.27. The van der Waals surface area contributed by atoms with Crippen LogP contribution in [0.1, 0.15) is 39.0 Å². The Bertz CT molecular complexity index is 262. The lowest BCUT2D eigenvalue weighted by atomic mass is 10.2. The molecule has 1 aliphatic rings. The second kappa shape index (κ2) is 7.27. The molecule has 5 heteroatoms. The van der Waals surface area contributed by atoms with Crippen LogP contribution in [0.5, 0.6) is 0 Å². The number of primary amides is 1. The maximum Gasteiger partial charge on any atom is 0.237 e. The number of nitrogens with two attached hydrogens (primary N) is 1. The van der Waals surface area contributed by atoms with E-state index in [1.54, 1.807) is 4.90 Å². The van der Waals surface area contributed by atoms with Gasteiger partial charge in [0.05, 0.1) is 13.1 Å². The molecular formula is C12H23N3O2. The summed E-state index contributed by atoms with van der Waals surface area (Å²) < 4.78 is 0. The van der Waals surface area contributed by atoms with E-state index in [0.29, 0.717) is 6.54 Å². The molecule has 17 heavy (non-hydrogen) atoms. The molecule has 0 radical (unpaired) electrons. The first-order valence-electron chi connectivity index (χ1n) is 6.43. The van der Waals surface area contributed by atoms with Crippen molar-refractivity contribution in [3.05, 3.63) is 0 Å². The van der Waals surface area contributed by atoms with Gasteiger partial charge in [0.2, 0.25) is 11.8 Å². The molecule has 0 aromatic carbocycles. The quantitative estimate of drug-likeness (QED) is 0.627. The Labute approximate surface area is 103 Å². The average Bonchev–Trinajstić information content (AvgIpc) is 2.79. The number of nitrogens with zero attached hydrogens (tertiary/aromatic N) is 1. The van der Waals surface area contributed by atoms with Crippen molar-refractivity contribution in [2.45, 2.75) is 45.1 Å². The van der Waals surface area contributed by atoms with Gasteiger partial charge in [0, 0.05) is 6.04 Å². The fourth-order valence-corrected chi connectivity index (χ4v) is 2.28. The molecular weight excluding hydrogens is 218 g/mol. The second-order valence-electron chi connectivity index (χ2n) is 4.60. The Hall–Kier alpha value is -1.10. The fourth-order valence-electron chi connectivity index (χ4n) is 2.28. The summed E-state index contributed by atoms with van der Waals surface area (Å²) in [7, 11) is 0. The van der Waals surface area contributed by atoms with Crippen LogP contribution in [-0.2, 0) is 9.59 Å². The van der Waals surface area contributed by atoms with Gasteiger partial charge in [-0.1, -0.05) is 19.8 Å². The smallest absolute Gasteiger partial charge is 0.237 e. The molecule has 0 aromatic heterocycles. The van der Waals surface area contributed by atoms with Crippen molar-refractivity contribution < 1.29 is 9.59 Å². The van der Waals surface area contributed by atoms with Gasteiger partial charge in [-0.05, 0) is 25.8 Å². The summed E-state index contributed by atoms with van der Waals surface area (Å²) >= 11 is 0. The molecule has 0 aromatic rings. The summed E-state index contributed by atoms with van der Waals surface area (Å²) in [5, 5.41) is 3.07. The maximum atomic E-state index is 12.0. The van der Waals surface area contributed by atoms with Crippen LogP contribution < -0.4 is 11.1 Å². The number of rotatable bonds is 7. The minimum absolute atomic E-state index is 0.0100. The minimum Gasteiger partial charge on any atom is -0.368 e. The summed E-state index contributed by atoms with van der Waals surface area (Å²) in [6, 6.07) is 0.207. The Morgan fingerprint density at radius 2 is 2.00 bits per heavy atom. The van der Waals surface area contributed by atoms with Crippen LogP contribution in [0.4, 0.5) is 0 Å². The van der Waals surface area contributed by atoms with Gasteiger partial charge >= 0.3 is 0 Å².